The summed E-state index contributed by atoms with van der Waals surface area (Å²) in [6, 6.07) is 18.5. The van der Waals surface area contributed by atoms with Gasteiger partial charge in [0.1, 0.15) is 5.75 Å². The maximum Gasteiger partial charge on any atom is 0.232 e. The van der Waals surface area contributed by atoms with Gasteiger partial charge in [-0.3, -0.25) is 9.79 Å². The smallest absolute Gasteiger partial charge is 0.232 e. The van der Waals surface area contributed by atoms with Gasteiger partial charge in [0.15, 0.2) is 12.0 Å². The Morgan fingerprint density at radius 2 is 1.94 bits per heavy atom. The summed E-state index contributed by atoms with van der Waals surface area (Å²) in [5.41, 5.74) is 1.96. The molecule has 2 aliphatic heterocycles. The maximum absolute atomic E-state index is 14.4. The van der Waals surface area contributed by atoms with E-state index in [1.807, 2.05) is 41.3 Å². The van der Waals surface area contributed by atoms with E-state index in [2.05, 4.69) is 44.7 Å². The van der Waals surface area contributed by atoms with Crippen LogP contribution in [-0.2, 0) is 16.1 Å². The molecule has 1 aliphatic carbocycles. The Hall–Kier alpha value is -2.92. The highest BCUT2D eigenvalue weighted by molar-refractivity contribution is 6.02. The number of carbonyl (C=O) groups excluding carboxylic acids is 1. The second-order valence-electron chi connectivity index (χ2n) is 9.92. The van der Waals surface area contributed by atoms with E-state index in [1.165, 1.54) is 5.56 Å². The molecule has 1 spiro atoms. The molecule has 2 aromatic carbocycles. The zero-order chi connectivity index (χ0) is 23.9. The highest BCUT2D eigenvalue weighted by Crippen LogP contribution is 2.60. The second kappa shape index (κ2) is 8.70. The van der Waals surface area contributed by atoms with E-state index in [0.29, 0.717) is 19.4 Å². The van der Waals surface area contributed by atoms with Crippen LogP contribution in [-0.4, -0.2) is 35.6 Å². The number of likely N-dealkylation sites (tertiary alicyclic amines) is 1. The van der Waals surface area contributed by atoms with Crippen molar-refractivity contribution < 1.29 is 14.3 Å². The molecule has 2 fully saturated rings. The maximum atomic E-state index is 14.4. The fourth-order valence-electron chi connectivity index (χ4n) is 6.33. The third-order valence-electron chi connectivity index (χ3n) is 8.22. The molecule has 34 heavy (non-hydrogen) atoms. The molecule has 5 nitrogen and oxygen atoms in total. The van der Waals surface area contributed by atoms with Crippen molar-refractivity contribution in [3.63, 3.8) is 0 Å². The minimum absolute atomic E-state index is 0.0982. The molecule has 1 amide bonds. The van der Waals surface area contributed by atoms with Gasteiger partial charge in [-0.05, 0) is 54.4 Å². The Morgan fingerprint density at radius 3 is 2.59 bits per heavy atom. The van der Waals surface area contributed by atoms with Crippen LogP contribution in [0.1, 0.15) is 56.6 Å². The van der Waals surface area contributed by atoms with Crippen molar-refractivity contribution in [1.29, 1.82) is 0 Å². The van der Waals surface area contributed by atoms with Gasteiger partial charge in [0, 0.05) is 13.0 Å². The molecular weight excluding hydrogens is 424 g/mol. The van der Waals surface area contributed by atoms with E-state index >= 15 is 0 Å². The van der Waals surface area contributed by atoms with Gasteiger partial charge in [-0.1, -0.05) is 62.4 Å². The average Bonchev–Trinajstić information content (AvgIpc) is 3.30. The lowest BCUT2D eigenvalue weighted by atomic mass is 9.66. The molecule has 1 saturated carbocycles. The normalized spacial score (nSPS) is 32.2. The second-order valence-corrected chi connectivity index (χ2v) is 9.92. The van der Waals surface area contributed by atoms with E-state index in [1.54, 1.807) is 7.11 Å². The number of hydrogen-bond acceptors (Lipinski definition) is 4. The van der Waals surface area contributed by atoms with Crippen molar-refractivity contribution in [2.24, 2.45) is 16.3 Å². The molecule has 0 N–H and O–H groups in total. The SMILES string of the molecule is C=CC[C@]12C[C@@]3(O[C@H](CC)N=C3C[C@H](c3ccc(OC)cc3)[C@H]1C)N(Cc1ccccc1)C2=O. The summed E-state index contributed by atoms with van der Waals surface area (Å²) in [5.74, 6) is 1.25. The lowest BCUT2D eigenvalue weighted by Crippen LogP contribution is -2.52. The topological polar surface area (TPSA) is 51.1 Å². The molecule has 1 saturated heterocycles. The average molecular weight is 459 g/mol. The van der Waals surface area contributed by atoms with Crippen LogP contribution < -0.4 is 4.74 Å². The van der Waals surface area contributed by atoms with Gasteiger partial charge in [0.25, 0.3) is 0 Å². The van der Waals surface area contributed by atoms with Crippen molar-refractivity contribution in [1.82, 2.24) is 4.90 Å². The largest absolute Gasteiger partial charge is 0.497 e. The molecule has 178 valence electrons. The van der Waals surface area contributed by atoms with Crippen LogP contribution in [0.2, 0.25) is 0 Å². The highest BCUT2D eigenvalue weighted by Gasteiger charge is 2.68. The van der Waals surface area contributed by atoms with Crippen LogP contribution in [0.15, 0.2) is 72.2 Å². The summed E-state index contributed by atoms with van der Waals surface area (Å²) in [6.45, 7) is 8.90. The summed E-state index contributed by atoms with van der Waals surface area (Å²) in [5, 5.41) is 0. The Balaban J connectivity index is 1.63. The monoisotopic (exact) mass is 458 g/mol. The van der Waals surface area contributed by atoms with Crippen LogP contribution in [0.5, 0.6) is 5.75 Å². The van der Waals surface area contributed by atoms with Gasteiger partial charge in [0.05, 0.1) is 18.2 Å². The minimum atomic E-state index is -0.786. The molecule has 0 aromatic heterocycles. The predicted molar refractivity (Wildman–Crippen MR) is 134 cm³/mol. The van der Waals surface area contributed by atoms with E-state index in [0.717, 1.165) is 29.9 Å². The van der Waals surface area contributed by atoms with E-state index in [9.17, 15) is 4.79 Å². The zero-order valence-electron chi connectivity index (χ0n) is 20.4. The molecule has 5 rings (SSSR count). The van der Waals surface area contributed by atoms with E-state index in [-0.39, 0.29) is 24.0 Å². The fourth-order valence-corrected chi connectivity index (χ4v) is 6.33. The number of fused-ring (bicyclic) bond motifs is 1. The number of rotatable bonds is 7. The van der Waals surface area contributed by atoms with Gasteiger partial charge in [0.2, 0.25) is 5.91 Å². The van der Waals surface area contributed by atoms with E-state index in [4.69, 9.17) is 14.5 Å². The number of nitrogens with zero attached hydrogens (tertiary/aromatic N) is 2. The van der Waals surface area contributed by atoms with Crippen molar-refractivity contribution in [3.05, 3.63) is 78.4 Å². The molecule has 2 heterocycles. The summed E-state index contributed by atoms with van der Waals surface area (Å²) in [4.78, 5) is 21.5. The minimum Gasteiger partial charge on any atom is -0.497 e. The molecule has 0 unspecified atom stereocenters. The standard InChI is InChI=1S/C29H34N2O3/c1-5-16-28-19-29(31(27(28)32)18-21-10-8-7-9-11-21)25(30-26(6-2)34-29)17-24(20(28)3)22-12-14-23(33-4)15-13-22/h5,7-15,20,24,26H,1,6,16-19H2,2-4H3/t20-,24+,26-,28+,29+/m1/s1. The van der Waals surface area contributed by atoms with Crippen LogP contribution in [0.3, 0.4) is 0 Å². The molecule has 5 heteroatoms. The number of hydrogen-bond donors (Lipinski definition) is 0. The lowest BCUT2D eigenvalue weighted by molar-refractivity contribution is -0.152. The van der Waals surface area contributed by atoms with Crippen LogP contribution in [0, 0.1) is 11.3 Å². The fraction of sp³-hybridized carbons (Fsp3) is 0.448. The molecule has 3 aliphatic rings. The Bertz CT molecular complexity index is 1100. The van der Waals surface area contributed by atoms with E-state index < -0.39 is 11.1 Å². The van der Waals surface area contributed by atoms with Gasteiger partial charge < -0.3 is 14.4 Å². The number of benzene rings is 2. The first-order valence-electron chi connectivity index (χ1n) is 12.3. The van der Waals surface area contributed by atoms with Crippen LogP contribution in [0.25, 0.3) is 0 Å². The first-order valence-corrected chi connectivity index (χ1v) is 12.3. The van der Waals surface area contributed by atoms with Gasteiger partial charge in [-0.2, -0.15) is 0 Å². The third kappa shape index (κ3) is 3.40. The van der Waals surface area contributed by atoms with Crippen molar-refractivity contribution >= 4 is 11.6 Å². The number of ether oxygens (including phenoxy) is 2. The molecule has 5 atom stereocenters. The summed E-state index contributed by atoms with van der Waals surface area (Å²) in [6.07, 6.45) is 4.51. The first-order chi connectivity index (χ1) is 16.5. The Kier molecular flexibility index (Phi) is 5.85. The van der Waals surface area contributed by atoms with Crippen LogP contribution >= 0.6 is 0 Å². The Labute approximate surface area is 202 Å². The number of carbonyl (C=O) groups is 1. The highest BCUT2D eigenvalue weighted by atomic mass is 16.6. The third-order valence-corrected chi connectivity index (χ3v) is 8.22. The zero-order valence-corrected chi connectivity index (χ0v) is 20.4. The summed E-state index contributed by atoms with van der Waals surface area (Å²) >= 11 is 0. The van der Waals surface area contributed by atoms with Crippen molar-refractivity contribution in [3.8, 4) is 5.75 Å². The molecule has 2 aromatic rings. The summed E-state index contributed by atoms with van der Waals surface area (Å²) < 4.78 is 12.1. The predicted octanol–water partition coefficient (Wildman–Crippen LogP) is 5.72. The number of methoxy groups -OCH3 is 1. The number of amides is 1. The summed E-state index contributed by atoms with van der Waals surface area (Å²) in [7, 11) is 1.68. The number of aliphatic imine (C=N–C) groups is 1. The number of allylic oxidation sites excluding steroid dienone is 1. The molecule has 2 bridgehead atoms. The lowest BCUT2D eigenvalue weighted by Gasteiger charge is -2.40. The quantitative estimate of drug-likeness (QED) is 0.499. The van der Waals surface area contributed by atoms with Gasteiger partial charge in [-0.25, -0.2) is 0 Å². The molecule has 0 radical (unpaired) electrons. The van der Waals surface area contributed by atoms with Gasteiger partial charge >= 0.3 is 0 Å². The van der Waals surface area contributed by atoms with Crippen molar-refractivity contribution in [2.45, 2.75) is 63.9 Å². The molecular formula is C29H34N2O3. The van der Waals surface area contributed by atoms with Crippen molar-refractivity contribution in [2.75, 3.05) is 7.11 Å². The first kappa shape index (κ1) is 22.9. The Morgan fingerprint density at radius 1 is 1.21 bits per heavy atom. The van der Waals surface area contributed by atoms with Gasteiger partial charge in [-0.15, -0.1) is 6.58 Å². The van der Waals surface area contributed by atoms with Crippen LogP contribution in [0.4, 0.5) is 0 Å².